The van der Waals surface area contributed by atoms with Gasteiger partial charge >= 0.3 is 0 Å². The van der Waals surface area contributed by atoms with Gasteiger partial charge in [0.1, 0.15) is 5.75 Å². The molecule has 1 saturated carbocycles. The van der Waals surface area contributed by atoms with Gasteiger partial charge < -0.3 is 10.0 Å². The fraction of sp³-hybridized carbons (Fsp3) is 0.417. The summed E-state index contributed by atoms with van der Waals surface area (Å²) in [7, 11) is 1.81. The molecule has 1 aromatic rings. The molecule has 1 fully saturated rings. The van der Waals surface area contributed by atoms with Crippen LogP contribution in [0.3, 0.4) is 0 Å². The number of halogens is 2. The highest BCUT2D eigenvalue weighted by molar-refractivity contribution is 9.11. The number of phenolic OH excluding ortho intramolecular Hbond substituents is 1. The number of rotatable bonds is 3. The highest BCUT2D eigenvalue weighted by Crippen LogP contribution is 2.34. The third-order valence-corrected chi connectivity index (χ3v) is 4.05. The molecule has 0 bridgehead atoms. The van der Waals surface area contributed by atoms with Crippen molar-refractivity contribution in [1.82, 2.24) is 4.90 Å². The second kappa shape index (κ2) is 4.98. The van der Waals surface area contributed by atoms with E-state index in [-0.39, 0.29) is 11.7 Å². The molecule has 5 heteroatoms. The second-order valence-corrected chi connectivity index (χ2v) is 6.13. The van der Waals surface area contributed by atoms with Gasteiger partial charge in [0.05, 0.1) is 8.95 Å². The van der Waals surface area contributed by atoms with Gasteiger partial charge in [-0.05, 0) is 62.8 Å². The number of amides is 1. The SMILES string of the molecule is CN(CC1CC1)C(=O)c1cc(Br)c(O)c(Br)c1. The number of hydrogen-bond donors (Lipinski definition) is 1. The van der Waals surface area contributed by atoms with E-state index in [4.69, 9.17) is 0 Å². The van der Waals surface area contributed by atoms with Gasteiger partial charge in [-0.15, -0.1) is 0 Å². The molecule has 1 N–H and O–H groups in total. The van der Waals surface area contributed by atoms with Crippen molar-refractivity contribution in [3.63, 3.8) is 0 Å². The molecule has 0 radical (unpaired) electrons. The van der Waals surface area contributed by atoms with Crippen LogP contribution in [0.1, 0.15) is 23.2 Å². The van der Waals surface area contributed by atoms with Gasteiger partial charge in [-0.3, -0.25) is 4.79 Å². The molecule has 0 heterocycles. The van der Waals surface area contributed by atoms with Crippen LogP contribution >= 0.6 is 31.9 Å². The van der Waals surface area contributed by atoms with Gasteiger partial charge in [0, 0.05) is 19.2 Å². The zero-order valence-corrected chi connectivity index (χ0v) is 12.6. The molecule has 1 aliphatic rings. The van der Waals surface area contributed by atoms with E-state index in [2.05, 4.69) is 31.9 Å². The third kappa shape index (κ3) is 3.01. The Morgan fingerprint density at radius 1 is 1.41 bits per heavy atom. The summed E-state index contributed by atoms with van der Waals surface area (Å²) in [4.78, 5) is 13.9. The van der Waals surface area contributed by atoms with Crippen LogP contribution in [0.5, 0.6) is 5.75 Å². The first-order chi connectivity index (χ1) is 7.99. The maximum Gasteiger partial charge on any atom is 0.253 e. The first-order valence-electron chi connectivity index (χ1n) is 5.42. The molecule has 0 aliphatic heterocycles. The van der Waals surface area contributed by atoms with Gasteiger partial charge in [0.15, 0.2) is 0 Å². The molecule has 17 heavy (non-hydrogen) atoms. The lowest BCUT2D eigenvalue weighted by Crippen LogP contribution is -2.28. The average molecular weight is 363 g/mol. The second-order valence-electron chi connectivity index (χ2n) is 4.42. The minimum Gasteiger partial charge on any atom is -0.506 e. The van der Waals surface area contributed by atoms with Crippen molar-refractivity contribution in [1.29, 1.82) is 0 Å². The smallest absolute Gasteiger partial charge is 0.253 e. The lowest BCUT2D eigenvalue weighted by atomic mass is 10.2. The van der Waals surface area contributed by atoms with Crippen molar-refractivity contribution in [3.05, 3.63) is 26.6 Å². The molecular formula is C12H13Br2NO2. The van der Waals surface area contributed by atoms with Gasteiger partial charge in [-0.2, -0.15) is 0 Å². The molecule has 2 rings (SSSR count). The van der Waals surface area contributed by atoms with Crippen LogP contribution in [-0.4, -0.2) is 29.5 Å². The molecule has 0 unspecified atom stereocenters. The summed E-state index contributed by atoms with van der Waals surface area (Å²) < 4.78 is 1.05. The molecular weight excluding hydrogens is 350 g/mol. The van der Waals surface area contributed by atoms with Crippen molar-refractivity contribution >= 4 is 37.8 Å². The fourth-order valence-corrected chi connectivity index (χ4v) is 2.87. The summed E-state index contributed by atoms with van der Waals surface area (Å²) in [6.07, 6.45) is 2.45. The van der Waals surface area contributed by atoms with E-state index in [0.717, 1.165) is 6.54 Å². The van der Waals surface area contributed by atoms with Crippen LogP contribution in [0.4, 0.5) is 0 Å². The number of nitrogens with zero attached hydrogens (tertiary/aromatic N) is 1. The highest BCUT2D eigenvalue weighted by atomic mass is 79.9. The van der Waals surface area contributed by atoms with E-state index in [1.165, 1.54) is 12.8 Å². The van der Waals surface area contributed by atoms with Crippen LogP contribution < -0.4 is 0 Å². The number of hydrogen-bond acceptors (Lipinski definition) is 2. The summed E-state index contributed by atoms with van der Waals surface area (Å²) in [5, 5.41) is 9.59. The van der Waals surface area contributed by atoms with Crippen LogP contribution in [-0.2, 0) is 0 Å². The Morgan fingerprint density at radius 2 is 1.94 bits per heavy atom. The van der Waals surface area contributed by atoms with E-state index < -0.39 is 0 Å². The minimum atomic E-state index is -0.0155. The molecule has 3 nitrogen and oxygen atoms in total. The standard InChI is InChI=1S/C12H13Br2NO2/c1-15(6-7-2-3-7)12(17)8-4-9(13)11(16)10(14)5-8/h4-5,7,16H,2-3,6H2,1H3. The van der Waals surface area contributed by atoms with Crippen molar-refractivity contribution < 1.29 is 9.90 Å². The summed E-state index contributed by atoms with van der Waals surface area (Å²) in [6.45, 7) is 0.814. The van der Waals surface area contributed by atoms with Crippen LogP contribution in [0.15, 0.2) is 21.1 Å². The Bertz CT molecular complexity index is 435. The topological polar surface area (TPSA) is 40.5 Å². The number of carbonyl (C=O) groups excluding carboxylic acids is 1. The van der Waals surface area contributed by atoms with Gasteiger partial charge in [0.2, 0.25) is 0 Å². The van der Waals surface area contributed by atoms with Crippen molar-refractivity contribution in [3.8, 4) is 5.75 Å². The predicted molar refractivity (Wildman–Crippen MR) is 73.2 cm³/mol. The quantitative estimate of drug-likeness (QED) is 0.895. The third-order valence-electron chi connectivity index (χ3n) is 2.84. The van der Waals surface area contributed by atoms with Crippen molar-refractivity contribution in [2.75, 3.05) is 13.6 Å². The number of phenols is 1. The molecule has 92 valence electrons. The summed E-state index contributed by atoms with van der Waals surface area (Å²) in [5.74, 6) is 0.776. The van der Waals surface area contributed by atoms with E-state index in [1.807, 2.05) is 7.05 Å². The van der Waals surface area contributed by atoms with E-state index in [1.54, 1.807) is 17.0 Å². The maximum atomic E-state index is 12.1. The Morgan fingerprint density at radius 3 is 2.41 bits per heavy atom. The minimum absolute atomic E-state index is 0.0155. The van der Waals surface area contributed by atoms with Gasteiger partial charge in [0.25, 0.3) is 5.91 Å². The molecule has 0 aromatic heterocycles. The Labute approximate surface area is 117 Å². The lowest BCUT2D eigenvalue weighted by Gasteiger charge is -2.17. The summed E-state index contributed by atoms with van der Waals surface area (Å²) >= 11 is 6.45. The van der Waals surface area contributed by atoms with Gasteiger partial charge in [-0.25, -0.2) is 0 Å². The van der Waals surface area contributed by atoms with Crippen molar-refractivity contribution in [2.24, 2.45) is 5.92 Å². The maximum absolute atomic E-state index is 12.1. The first kappa shape index (κ1) is 12.9. The zero-order chi connectivity index (χ0) is 12.6. The van der Waals surface area contributed by atoms with Crippen molar-refractivity contribution in [2.45, 2.75) is 12.8 Å². The Balaban J connectivity index is 2.17. The summed E-state index contributed by atoms with van der Waals surface area (Å²) in [5.41, 5.74) is 0.574. The molecule has 1 aromatic carbocycles. The van der Waals surface area contributed by atoms with Crippen LogP contribution in [0.2, 0.25) is 0 Å². The van der Waals surface area contributed by atoms with E-state index >= 15 is 0 Å². The lowest BCUT2D eigenvalue weighted by molar-refractivity contribution is 0.0788. The average Bonchev–Trinajstić information content (AvgIpc) is 3.07. The number of carbonyl (C=O) groups is 1. The van der Waals surface area contributed by atoms with E-state index in [0.29, 0.717) is 20.4 Å². The highest BCUT2D eigenvalue weighted by Gasteiger charge is 2.25. The Hall–Kier alpha value is -0.550. The molecule has 1 amide bonds. The van der Waals surface area contributed by atoms with Crippen LogP contribution in [0.25, 0.3) is 0 Å². The predicted octanol–water partition coefficient (Wildman–Crippen LogP) is 3.40. The summed E-state index contributed by atoms with van der Waals surface area (Å²) in [6, 6.07) is 3.29. The largest absolute Gasteiger partial charge is 0.506 e. The van der Waals surface area contributed by atoms with E-state index in [9.17, 15) is 9.90 Å². The fourth-order valence-electron chi connectivity index (χ4n) is 1.68. The molecule has 0 spiro atoms. The molecule has 0 saturated heterocycles. The van der Waals surface area contributed by atoms with Crippen LogP contribution in [0, 0.1) is 5.92 Å². The zero-order valence-electron chi connectivity index (χ0n) is 9.41. The first-order valence-corrected chi connectivity index (χ1v) is 7.01. The number of benzene rings is 1. The number of aromatic hydroxyl groups is 1. The Kier molecular flexibility index (Phi) is 3.78. The normalized spacial score (nSPS) is 14.8. The molecule has 0 atom stereocenters. The van der Waals surface area contributed by atoms with Gasteiger partial charge in [-0.1, -0.05) is 0 Å². The molecule has 1 aliphatic carbocycles. The monoisotopic (exact) mass is 361 g/mol.